The van der Waals surface area contributed by atoms with Gasteiger partial charge in [-0.1, -0.05) is 29.8 Å². The molecular formula is C15H12INS2. The van der Waals surface area contributed by atoms with E-state index in [0.29, 0.717) is 0 Å². The number of rotatable bonds is 2. The predicted octanol–water partition coefficient (Wildman–Crippen LogP) is 5.76. The molecule has 2 heterocycles. The lowest BCUT2D eigenvalue weighted by Gasteiger charge is -1.98. The lowest BCUT2D eigenvalue weighted by Crippen LogP contribution is -1.81. The first-order valence-corrected chi connectivity index (χ1v) is 8.65. The molecule has 0 N–H and O–H groups in total. The zero-order chi connectivity index (χ0) is 13.4. The van der Waals surface area contributed by atoms with Gasteiger partial charge in [-0.05, 0) is 48.6 Å². The van der Waals surface area contributed by atoms with Crippen molar-refractivity contribution in [2.75, 3.05) is 0 Å². The van der Waals surface area contributed by atoms with Crippen molar-refractivity contribution in [1.29, 1.82) is 0 Å². The molecule has 0 atom stereocenters. The van der Waals surface area contributed by atoms with Crippen LogP contribution in [-0.4, -0.2) is 4.98 Å². The minimum atomic E-state index is 1.10. The van der Waals surface area contributed by atoms with E-state index < -0.39 is 0 Å². The van der Waals surface area contributed by atoms with Crippen LogP contribution in [0.25, 0.3) is 21.1 Å². The van der Waals surface area contributed by atoms with Crippen LogP contribution in [0.15, 0.2) is 36.4 Å². The molecule has 0 unspecified atom stereocenters. The molecule has 3 aromatic rings. The summed E-state index contributed by atoms with van der Waals surface area (Å²) in [6, 6.07) is 12.9. The molecule has 0 fully saturated rings. The van der Waals surface area contributed by atoms with E-state index in [9.17, 15) is 0 Å². The number of thiophene rings is 1. The van der Waals surface area contributed by atoms with Gasteiger partial charge in [-0.25, -0.2) is 4.98 Å². The molecule has 96 valence electrons. The normalized spacial score (nSPS) is 10.9. The van der Waals surface area contributed by atoms with Gasteiger partial charge in [-0.3, -0.25) is 0 Å². The minimum absolute atomic E-state index is 1.10. The summed E-state index contributed by atoms with van der Waals surface area (Å²) >= 11 is 5.96. The third-order valence-corrected chi connectivity index (χ3v) is 6.05. The molecule has 19 heavy (non-hydrogen) atoms. The molecule has 3 rings (SSSR count). The van der Waals surface area contributed by atoms with E-state index in [2.05, 4.69) is 72.8 Å². The standard InChI is InChI=1S/C15H12INS2/c1-9-3-6-11(7-4-9)13-14(16)19-15(17-13)12-8-5-10(2)18-12/h3-8H,1-2H3. The molecule has 4 heteroatoms. The second kappa shape index (κ2) is 5.34. The molecule has 0 bridgehead atoms. The first-order valence-electron chi connectivity index (χ1n) is 5.93. The summed E-state index contributed by atoms with van der Waals surface area (Å²) in [5, 5.41) is 1.12. The maximum atomic E-state index is 4.81. The van der Waals surface area contributed by atoms with Crippen molar-refractivity contribution in [3.63, 3.8) is 0 Å². The number of hydrogen-bond donors (Lipinski definition) is 0. The molecule has 0 amide bonds. The largest absolute Gasteiger partial charge is 0.234 e. The Morgan fingerprint density at radius 1 is 0.947 bits per heavy atom. The Labute approximate surface area is 134 Å². The first-order chi connectivity index (χ1) is 9.13. The van der Waals surface area contributed by atoms with Crippen molar-refractivity contribution in [2.45, 2.75) is 13.8 Å². The molecule has 0 saturated heterocycles. The fraction of sp³-hybridized carbons (Fsp3) is 0.133. The van der Waals surface area contributed by atoms with Crippen LogP contribution in [0, 0.1) is 16.7 Å². The number of thiazole rings is 1. The molecule has 0 aliphatic rings. The molecule has 1 aromatic carbocycles. The van der Waals surface area contributed by atoms with Crippen molar-refractivity contribution in [1.82, 2.24) is 4.98 Å². The maximum absolute atomic E-state index is 4.81. The molecule has 0 aliphatic heterocycles. The van der Waals surface area contributed by atoms with Crippen LogP contribution in [-0.2, 0) is 0 Å². The summed E-state index contributed by atoms with van der Waals surface area (Å²) in [5.74, 6) is 0. The van der Waals surface area contributed by atoms with Crippen molar-refractivity contribution in [3.05, 3.63) is 49.7 Å². The zero-order valence-electron chi connectivity index (χ0n) is 10.6. The van der Waals surface area contributed by atoms with E-state index in [4.69, 9.17) is 4.98 Å². The van der Waals surface area contributed by atoms with Crippen LogP contribution in [0.5, 0.6) is 0 Å². The molecule has 0 spiro atoms. The maximum Gasteiger partial charge on any atom is 0.135 e. The summed E-state index contributed by atoms with van der Waals surface area (Å²) in [6.07, 6.45) is 0. The van der Waals surface area contributed by atoms with E-state index >= 15 is 0 Å². The summed E-state index contributed by atoms with van der Waals surface area (Å²) in [4.78, 5) is 7.41. The van der Waals surface area contributed by atoms with Gasteiger partial charge in [0.25, 0.3) is 0 Å². The molecule has 2 aromatic heterocycles. The van der Waals surface area contributed by atoms with Gasteiger partial charge in [-0.15, -0.1) is 22.7 Å². The Bertz CT molecular complexity index is 710. The third-order valence-electron chi connectivity index (χ3n) is 2.86. The Morgan fingerprint density at radius 2 is 1.68 bits per heavy atom. The SMILES string of the molecule is Cc1ccc(-c2nc(-c3ccc(C)s3)sc2I)cc1. The van der Waals surface area contributed by atoms with Crippen LogP contribution >= 0.6 is 45.3 Å². The van der Waals surface area contributed by atoms with Gasteiger partial charge >= 0.3 is 0 Å². The minimum Gasteiger partial charge on any atom is -0.234 e. The van der Waals surface area contributed by atoms with Crippen molar-refractivity contribution in [3.8, 4) is 21.1 Å². The fourth-order valence-corrected chi connectivity index (χ4v) is 4.64. The summed E-state index contributed by atoms with van der Waals surface area (Å²) < 4.78 is 1.25. The van der Waals surface area contributed by atoms with Gasteiger partial charge in [0.1, 0.15) is 5.01 Å². The Hall–Kier alpha value is -0.720. The van der Waals surface area contributed by atoms with Gasteiger partial charge in [-0.2, -0.15) is 0 Å². The Morgan fingerprint density at radius 3 is 2.32 bits per heavy atom. The van der Waals surface area contributed by atoms with E-state index in [0.717, 1.165) is 10.7 Å². The van der Waals surface area contributed by atoms with Crippen LogP contribution in [0.4, 0.5) is 0 Å². The fourth-order valence-electron chi connectivity index (χ4n) is 1.85. The van der Waals surface area contributed by atoms with E-state index in [1.54, 1.807) is 22.7 Å². The lowest BCUT2D eigenvalue weighted by atomic mass is 10.1. The van der Waals surface area contributed by atoms with Gasteiger partial charge in [0.15, 0.2) is 0 Å². The van der Waals surface area contributed by atoms with Gasteiger partial charge in [0, 0.05) is 10.4 Å². The monoisotopic (exact) mass is 397 g/mol. The lowest BCUT2D eigenvalue weighted by molar-refractivity contribution is 1.39. The van der Waals surface area contributed by atoms with E-state index in [1.807, 2.05) is 0 Å². The summed E-state index contributed by atoms with van der Waals surface area (Å²) in [7, 11) is 0. The smallest absolute Gasteiger partial charge is 0.135 e. The first kappa shape index (κ1) is 13.3. The third kappa shape index (κ3) is 2.75. The highest BCUT2D eigenvalue weighted by molar-refractivity contribution is 14.1. The highest BCUT2D eigenvalue weighted by Gasteiger charge is 2.13. The van der Waals surface area contributed by atoms with Crippen molar-refractivity contribution >= 4 is 45.3 Å². The summed E-state index contributed by atoms with van der Waals surface area (Å²) in [6.45, 7) is 4.24. The molecule has 0 aliphatic carbocycles. The van der Waals surface area contributed by atoms with Crippen LogP contribution < -0.4 is 0 Å². The van der Waals surface area contributed by atoms with Crippen LogP contribution in [0.2, 0.25) is 0 Å². The van der Waals surface area contributed by atoms with Crippen molar-refractivity contribution in [2.24, 2.45) is 0 Å². The number of nitrogens with zero attached hydrogens (tertiary/aromatic N) is 1. The highest BCUT2D eigenvalue weighted by Crippen LogP contribution is 2.37. The predicted molar refractivity (Wildman–Crippen MR) is 93.1 cm³/mol. The second-order valence-corrected chi connectivity index (χ2v) is 8.52. The zero-order valence-corrected chi connectivity index (χ0v) is 14.4. The number of aryl methyl sites for hydroxylation is 2. The molecule has 0 saturated carbocycles. The van der Waals surface area contributed by atoms with E-state index in [-0.39, 0.29) is 0 Å². The topological polar surface area (TPSA) is 12.9 Å². The van der Waals surface area contributed by atoms with Crippen molar-refractivity contribution < 1.29 is 0 Å². The number of hydrogen-bond acceptors (Lipinski definition) is 3. The van der Waals surface area contributed by atoms with Gasteiger partial charge < -0.3 is 0 Å². The Balaban J connectivity index is 2.04. The highest BCUT2D eigenvalue weighted by atomic mass is 127. The quantitative estimate of drug-likeness (QED) is 0.501. The molecule has 0 radical (unpaired) electrons. The molecular weight excluding hydrogens is 385 g/mol. The number of halogens is 1. The second-order valence-electron chi connectivity index (χ2n) is 4.42. The number of benzene rings is 1. The number of aromatic nitrogens is 1. The van der Waals surface area contributed by atoms with Crippen LogP contribution in [0.1, 0.15) is 10.4 Å². The average Bonchev–Trinajstić information content (AvgIpc) is 2.97. The Kier molecular flexibility index (Phi) is 3.73. The van der Waals surface area contributed by atoms with Crippen LogP contribution in [0.3, 0.4) is 0 Å². The van der Waals surface area contributed by atoms with Gasteiger partial charge in [0.05, 0.1) is 13.5 Å². The summed E-state index contributed by atoms with van der Waals surface area (Å²) in [5.41, 5.74) is 3.58. The molecule has 1 nitrogen and oxygen atoms in total. The average molecular weight is 397 g/mol. The van der Waals surface area contributed by atoms with E-state index in [1.165, 1.54) is 23.8 Å². The van der Waals surface area contributed by atoms with Gasteiger partial charge in [0.2, 0.25) is 0 Å².